The molecule has 1 unspecified atom stereocenters. The van der Waals surface area contributed by atoms with Gasteiger partial charge >= 0.3 is 0 Å². The van der Waals surface area contributed by atoms with E-state index in [1.807, 2.05) is 19.9 Å². The summed E-state index contributed by atoms with van der Waals surface area (Å²) in [6.45, 7) is 5.38. The number of nitrogens with two attached hydrogens (primary N) is 1. The van der Waals surface area contributed by atoms with E-state index < -0.39 is 0 Å². The van der Waals surface area contributed by atoms with E-state index in [0.717, 1.165) is 25.1 Å². The van der Waals surface area contributed by atoms with Crippen LogP contribution in [-0.2, 0) is 19.4 Å². The summed E-state index contributed by atoms with van der Waals surface area (Å²) in [6, 6.07) is 25.6. The molecule has 0 heterocycles. The van der Waals surface area contributed by atoms with Gasteiger partial charge in [-0.05, 0) is 71.7 Å². The molecule has 2 nitrogen and oxygen atoms in total. The molecule has 28 heavy (non-hydrogen) atoms. The SMILES string of the molecule is CC.NCC1CCc2cc(OCc3ccc(-c4ccccc4)cc3)ccc2C1. The summed E-state index contributed by atoms with van der Waals surface area (Å²) in [5.41, 5.74) is 12.3. The highest BCUT2D eigenvalue weighted by Crippen LogP contribution is 2.28. The lowest BCUT2D eigenvalue weighted by Gasteiger charge is -2.23. The Morgan fingerprint density at radius 3 is 2.29 bits per heavy atom. The molecule has 4 rings (SSSR count). The van der Waals surface area contributed by atoms with Gasteiger partial charge in [0.25, 0.3) is 0 Å². The lowest BCUT2D eigenvalue weighted by atomic mass is 9.84. The first-order valence-electron chi connectivity index (χ1n) is 10.4. The average Bonchev–Trinajstić information content (AvgIpc) is 2.79. The minimum absolute atomic E-state index is 0.597. The van der Waals surface area contributed by atoms with Crippen molar-refractivity contribution in [2.45, 2.75) is 39.7 Å². The largest absolute Gasteiger partial charge is 0.489 e. The molecule has 1 aliphatic rings. The number of hydrogen-bond donors (Lipinski definition) is 1. The van der Waals surface area contributed by atoms with Crippen LogP contribution >= 0.6 is 0 Å². The Hall–Kier alpha value is -2.58. The number of aryl methyl sites for hydroxylation is 1. The minimum atomic E-state index is 0.597. The van der Waals surface area contributed by atoms with Crippen molar-refractivity contribution in [1.29, 1.82) is 0 Å². The fraction of sp³-hybridized carbons (Fsp3) is 0.308. The third-order valence-electron chi connectivity index (χ3n) is 5.31. The van der Waals surface area contributed by atoms with Gasteiger partial charge in [-0.2, -0.15) is 0 Å². The number of fused-ring (bicyclic) bond motifs is 1. The summed E-state index contributed by atoms with van der Waals surface area (Å²) in [6.07, 6.45) is 3.40. The van der Waals surface area contributed by atoms with Crippen molar-refractivity contribution in [2.24, 2.45) is 11.7 Å². The van der Waals surface area contributed by atoms with Crippen molar-refractivity contribution < 1.29 is 4.74 Å². The van der Waals surface area contributed by atoms with Crippen molar-refractivity contribution in [3.63, 3.8) is 0 Å². The van der Waals surface area contributed by atoms with Gasteiger partial charge in [0, 0.05) is 0 Å². The number of rotatable bonds is 5. The van der Waals surface area contributed by atoms with Gasteiger partial charge in [0.1, 0.15) is 12.4 Å². The summed E-state index contributed by atoms with van der Waals surface area (Å²) in [5.74, 6) is 1.60. The van der Waals surface area contributed by atoms with Crippen LogP contribution in [0.4, 0.5) is 0 Å². The molecule has 2 heteroatoms. The zero-order chi connectivity index (χ0) is 19.8. The number of ether oxygens (including phenoxy) is 1. The van der Waals surface area contributed by atoms with Crippen molar-refractivity contribution in [3.8, 4) is 16.9 Å². The van der Waals surface area contributed by atoms with Crippen molar-refractivity contribution in [2.75, 3.05) is 6.54 Å². The molecule has 0 bridgehead atoms. The van der Waals surface area contributed by atoms with E-state index in [4.69, 9.17) is 10.5 Å². The Morgan fingerprint density at radius 1 is 0.857 bits per heavy atom. The maximum absolute atomic E-state index is 6.03. The van der Waals surface area contributed by atoms with Gasteiger partial charge in [-0.15, -0.1) is 0 Å². The van der Waals surface area contributed by atoms with Crippen LogP contribution in [0.15, 0.2) is 72.8 Å². The second kappa shape index (κ2) is 10.1. The Kier molecular flexibility index (Phi) is 7.27. The molecule has 0 spiro atoms. The standard InChI is InChI=1S/C24H25NO.C2H6/c25-16-19-8-11-23-15-24(13-12-22(23)14-19)26-17-18-6-9-21(10-7-18)20-4-2-1-3-5-20;1-2/h1-7,9-10,12-13,15,19H,8,11,14,16-17,25H2;1-2H3. The molecule has 3 aromatic carbocycles. The monoisotopic (exact) mass is 373 g/mol. The van der Waals surface area contributed by atoms with Crippen LogP contribution in [0.5, 0.6) is 5.75 Å². The van der Waals surface area contributed by atoms with Gasteiger partial charge in [0.15, 0.2) is 0 Å². The third kappa shape index (κ3) is 5.02. The highest BCUT2D eigenvalue weighted by atomic mass is 16.5. The molecule has 0 saturated carbocycles. The molecule has 1 atom stereocenters. The first kappa shape index (κ1) is 20.2. The maximum atomic E-state index is 6.03. The van der Waals surface area contributed by atoms with Crippen LogP contribution in [0.3, 0.4) is 0 Å². The quantitative estimate of drug-likeness (QED) is 0.593. The number of hydrogen-bond acceptors (Lipinski definition) is 2. The normalized spacial score (nSPS) is 15.2. The van der Waals surface area contributed by atoms with E-state index in [2.05, 4.69) is 66.7 Å². The number of benzene rings is 3. The Labute approximate surface area is 169 Å². The van der Waals surface area contributed by atoms with Crippen molar-refractivity contribution in [3.05, 3.63) is 89.5 Å². The second-order valence-electron chi connectivity index (χ2n) is 7.13. The molecular formula is C26H31NO. The van der Waals surface area contributed by atoms with Crippen LogP contribution in [0.2, 0.25) is 0 Å². The summed E-state index contributed by atoms with van der Waals surface area (Å²) >= 11 is 0. The van der Waals surface area contributed by atoms with Crippen molar-refractivity contribution in [1.82, 2.24) is 0 Å². The molecule has 0 aromatic heterocycles. The first-order chi connectivity index (χ1) is 13.8. The van der Waals surface area contributed by atoms with E-state index in [9.17, 15) is 0 Å². The van der Waals surface area contributed by atoms with Crippen LogP contribution < -0.4 is 10.5 Å². The van der Waals surface area contributed by atoms with Gasteiger partial charge in [0.2, 0.25) is 0 Å². The molecule has 0 radical (unpaired) electrons. The second-order valence-corrected chi connectivity index (χ2v) is 7.13. The van der Waals surface area contributed by atoms with Crippen LogP contribution in [0, 0.1) is 5.92 Å². The first-order valence-corrected chi connectivity index (χ1v) is 10.4. The van der Waals surface area contributed by atoms with Crippen molar-refractivity contribution >= 4 is 0 Å². The highest BCUT2D eigenvalue weighted by molar-refractivity contribution is 5.63. The minimum Gasteiger partial charge on any atom is -0.489 e. The summed E-state index contributed by atoms with van der Waals surface area (Å²) in [4.78, 5) is 0. The molecule has 0 saturated heterocycles. The molecule has 0 amide bonds. The molecule has 146 valence electrons. The van der Waals surface area contributed by atoms with Crippen LogP contribution in [-0.4, -0.2) is 6.54 Å². The van der Waals surface area contributed by atoms with E-state index in [1.165, 1.54) is 34.2 Å². The Bertz CT molecular complexity index is 855. The predicted octanol–water partition coefficient (Wildman–Crippen LogP) is 6.02. The van der Waals surface area contributed by atoms with E-state index in [-0.39, 0.29) is 0 Å². The Balaban J connectivity index is 0.00000109. The maximum Gasteiger partial charge on any atom is 0.120 e. The molecule has 0 fully saturated rings. The highest BCUT2D eigenvalue weighted by Gasteiger charge is 2.17. The fourth-order valence-corrected chi connectivity index (χ4v) is 3.69. The summed E-state index contributed by atoms with van der Waals surface area (Å²) in [5, 5.41) is 0. The van der Waals surface area contributed by atoms with E-state index >= 15 is 0 Å². The molecule has 3 aromatic rings. The third-order valence-corrected chi connectivity index (χ3v) is 5.31. The van der Waals surface area contributed by atoms with Gasteiger partial charge in [-0.25, -0.2) is 0 Å². The summed E-state index contributed by atoms with van der Waals surface area (Å²) in [7, 11) is 0. The molecule has 1 aliphatic carbocycles. The van der Waals surface area contributed by atoms with E-state index in [1.54, 1.807) is 0 Å². The lowest BCUT2D eigenvalue weighted by molar-refractivity contribution is 0.305. The zero-order valence-electron chi connectivity index (χ0n) is 17.0. The molecular weight excluding hydrogens is 342 g/mol. The van der Waals surface area contributed by atoms with Crippen LogP contribution in [0.1, 0.15) is 37.0 Å². The van der Waals surface area contributed by atoms with Gasteiger partial charge < -0.3 is 10.5 Å². The zero-order valence-corrected chi connectivity index (χ0v) is 17.0. The lowest BCUT2D eigenvalue weighted by Crippen LogP contribution is -2.22. The molecule has 0 aliphatic heterocycles. The molecule has 2 N–H and O–H groups in total. The topological polar surface area (TPSA) is 35.2 Å². The average molecular weight is 374 g/mol. The fourth-order valence-electron chi connectivity index (χ4n) is 3.69. The van der Waals surface area contributed by atoms with Gasteiger partial charge in [-0.1, -0.05) is 74.5 Å². The van der Waals surface area contributed by atoms with E-state index in [0.29, 0.717) is 12.5 Å². The smallest absolute Gasteiger partial charge is 0.120 e. The predicted molar refractivity (Wildman–Crippen MR) is 119 cm³/mol. The summed E-state index contributed by atoms with van der Waals surface area (Å²) < 4.78 is 6.03. The van der Waals surface area contributed by atoms with Gasteiger partial charge in [0.05, 0.1) is 0 Å². The Morgan fingerprint density at radius 2 is 1.57 bits per heavy atom. The van der Waals surface area contributed by atoms with Gasteiger partial charge in [-0.3, -0.25) is 0 Å². The van der Waals surface area contributed by atoms with Crippen LogP contribution in [0.25, 0.3) is 11.1 Å².